The number of imide groups is 1. The van der Waals surface area contributed by atoms with Crippen molar-refractivity contribution in [1.82, 2.24) is 15.5 Å². The zero-order valence-electron chi connectivity index (χ0n) is 10.7. The topological polar surface area (TPSA) is 96.7 Å². The van der Waals surface area contributed by atoms with Crippen LogP contribution >= 0.6 is 0 Å². The second kappa shape index (κ2) is 8.91. The fourth-order valence-electron chi connectivity index (χ4n) is 1.07. The van der Waals surface area contributed by atoms with Gasteiger partial charge in [-0.3, -0.25) is 15.0 Å². The predicted molar refractivity (Wildman–Crippen MR) is 64.6 cm³/mol. The van der Waals surface area contributed by atoms with Crippen LogP contribution in [0.5, 0.6) is 0 Å². The number of hydrogen-bond acceptors (Lipinski definition) is 5. The second-order valence-corrected chi connectivity index (χ2v) is 3.63. The maximum absolute atomic E-state index is 11.6. The molecule has 0 radical (unpaired) electrons. The summed E-state index contributed by atoms with van der Waals surface area (Å²) < 4.78 is 5.21. The quantitative estimate of drug-likeness (QED) is 0.487. The highest BCUT2D eigenvalue weighted by molar-refractivity contribution is 5.96. The lowest BCUT2D eigenvalue weighted by molar-refractivity contribution is -0.124. The molecule has 100 valence electrons. The third kappa shape index (κ3) is 6.88. The van der Waals surface area contributed by atoms with Crippen LogP contribution < -0.4 is 16.4 Å². The van der Waals surface area contributed by atoms with Crippen molar-refractivity contribution in [1.29, 1.82) is 0 Å². The van der Waals surface area contributed by atoms with Crippen LogP contribution in [0.4, 0.5) is 4.79 Å². The number of ether oxygens (including phenoxy) is 1. The van der Waals surface area contributed by atoms with Crippen LogP contribution in [0, 0.1) is 0 Å². The molecule has 7 nitrogen and oxygen atoms in total. The average Bonchev–Trinajstić information content (AvgIpc) is 2.33. The number of nitrogens with zero attached hydrogens (tertiary/aromatic N) is 1. The van der Waals surface area contributed by atoms with E-state index in [4.69, 9.17) is 10.5 Å². The lowest BCUT2D eigenvalue weighted by Gasteiger charge is -2.23. The van der Waals surface area contributed by atoms with Crippen molar-refractivity contribution >= 4 is 11.9 Å². The highest BCUT2D eigenvalue weighted by Gasteiger charge is 2.19. The van der Waals surface area contributed by atoms with Gasteiger partial charge in [0.2, 0.25) is 5.91 Å². The van der Waals surface area contributed by atoms with Gasteiger partial charge in [0.15, 0.2) is 0 Å². The predicted octanol–water partition coefficient (Wildman–Crippen LogP) is -1.26. The minimum Gasteiger partial charge on any atom is -0.379 e. The van der Waals surface area contributed by atoms with E-state index >= 15 is 0 Å². The van der Waals surface area contributed by atoms with Crippen molar-refractivity contribution in [3.05, 3.63) is 0 Å². The molecule has 0 aromatic rings. The first-order chi connectivity index (χ1) is 8.02. The third-order valence-electron chi connectivity index (χ3n) is 2.35. The summed E-state index contributed by atoms with van der Waals surface area (Å²) >= 11 is 0. The molecule has 17 heavy (non-hydrogen) atoms. The van der Waals surface area contributed by atoms with Crippen molar-refractivity contribution in [2.24, 2.45) is 5.73 Å². The Morgan fingerprint density at radius 3 is 2.59 bits per heavy atom. The first kappa shape index (κ1) is 15.8. The van der Waals surface area contributed by atoms with E-state index in [0.29, 0.717) is 26.3 Å². The first-order valence-corrected chi connectivity index (χ1v) is 5.53. The summed E-state index contributed by atoms with van der Waals surface area (Å²) in [5.41, 5.74) is 5.28. The molecule has 1 atom stereocenters. The van der Waals surface area contributed by atoms with Crippen molar-refractivity contribution < 1.29 is 14.3 Å². The Hall–Kier alpha value is -1.18. The third-order valence-corrected chi connectivity index (χ3v) is 2.35. The molecule has 0 aliphatic carbocycles. The highest BCUT2D eigenvalue weighted by atomic mass is 16.5. The van der Waals surface area contributed by atoms with Crippen molar-refractivity contribution in [2.45, 2.75) is 13.0 Å². The van der Waals surface area contributed by atoms with Crippen LogP contribution in [0.3, 0.4) is 0 Å². The van der Waals surface area contributed by atoms with Gasteiger partial charge in [0.1, 0.15) is 0 Å². The molecule has 0 aliphatic rings. The Morgan fingerprint density at radius 2 is 2.06 bits per heavy atom. The Kier molecular flexibility index (Phi) is 8.29. The van der Waals surface area contributed by atoms with E-state index in [2.05, 4.69) is 10.6 Å². The van der Waals surface area contributed by atoms with E-state index in [9.17, 15) is 9.59 Å². The maximum Gasteiger partial charge on any atom is 0.321 e. The maximum atomic E-state index is 11.6. The van der Waals surface area contributed by atoms with Gasteiger partial charge in [-0.15, -0.1) is 0 Å². The van der Waals surface area contributed by atoms with Gasteiger partial charge in [-0.05, 0) is 14.0 Å². The molecule has 4 N–H and O–H groups in total. The molecule has 0 heterocycles. The van der Waals surface area contributed by atoms with E-state index < -0.39 is 12.1 Å². The van der Waals surface area contributed by atoms with Gasteiger partial charge in [-0.2, -0.15) is 0 Å². The van der Waals surface area contributed by atoms with E-state index in [0.717, 1.165) is 0 Å². The fraction of sp³-hybridized carbons (Fsp3) is 0.800. The van der Waals surface area contributed by atoms with Gasteiger partial charge in [-0.25, -0.2) is 4.79 Å². The smallest absolute Gasteiger partial charge is 0.321 e. The molecule has 0 aromatic carbocycles. The molecular weight excluding hydrogens is 224 g/mol. The Labute approximate surface area is 102 Å². The molecule has 0 bridgehead atoms. The van der Waals surface area contributed by atoms with Gasteiger partial charge in [0.05, 0.1) is 19.3 Å². The number of rotatable bonds is 7. The monoisotopic (exact) mass is 246 g/mol. The largest absolute Gasteiger partial charge is 0.379 e. The minimum absolute atomic E-state index is 0.342. The van der Waals surface area contributed by atoms with Crippen LogP contribution in [0.1, 0.15) is 6.92 Å². The number of carbonyl (C=O) groups is 2. The lowest BCUT2D eigenvalue weighted by Crippen LogP contribution is -2.48. The van der Waals surface area contributed by atoms with Gasteiger partial charge >= 0.3 is 6.03 Å². The summed E-state index contributed by atoms with van der Waals surface area (Å²) in [5, 5.41) is 4.54. The Morgan fingerprint density at radius 1 is 1.41 bits per heavy atom. The van der Waals surface area contributed by atoms with Crippen molar-refractivity contribution in [3.8, 4) is 0 Å². The van der Waals surface area contributed by atoms with Gasteiger partial charge in [-0.1, -0.05) is 0 Å². The molecule has 0 spiro atoms. The first-order valence-electron chi connectivity index (χ1n) is 5.53. The molecule has 0 rings (SSSR count). The van der Waals surface area contributed by atoms with E-state index in [1.807, 2.05) is 0 Å². The van der Waals surface area contributed by atoms with E-state index in [1.165, 1.54) is 7.05 Å². The van der Waals surface area contributed by atoms with Crippen LogP contribution in [-0.4, -0.2) is 63.3 Å². The highest BCUT2D eigenvalue weighted by Crippen LogP contribution is 1.95. The van der Waals surface area contributed by atoms with Gasteiger partial charge in [0.25, 0.3) is 0 Å². The number of nitrogens with one attached hydrogen (secondary N) is 2. The zero-order chi connectivity index (χ0) is 13.3. The standard InChI is InChI=1S/C10H22N4O3/c1-8(9(15)13-10(16)12-2)14(3)5-7-17-6-4-11/h8H,4-7,11H2,1-3H3,(H2,12,13,15,16). The summed E-state index contributed by atoms with van der Waals surface area (Å²) in [6, 6.07) is -0.900. The SMILES string of the molecule is CNC(=O)NC(=O)C(C)N(C)CCOCCN. The van der Waals surface area contributed by atoms with Crippen LogP contribution in [-0.2, 0) is 9.53 Å². The summed E-state index contributed by atoms with van der Waals surface area (Å²) in [6.45, 7) is 3.82. The number of likely N-dealkylation sites (N-methyl/N-ethyl adjacent to an activating group) is 1. The lowest BCUT2D eigenvalue weighted by atomic mass is 10.3. The van der Waals surface area contributed by atoms with Gasteiger partial charge in [0, 0.05) is 20.1 Å². The Bertz CT molecular complexity index is 248. The molecular formula is C10H22N4O3. The molecule has 0 saturated heterocycles. The number of carbonyl (C=O) groups excluding carboxylic acids is 2. The fourth-order valence-corrected chi connectivity index (χ4v) is 1.07. The van der Waals surface area contributed by atoms with E-state index in [1.54, 1.807) is 18.9 Å². The number of nitrogens with two attached hydrogens (primary N) is 1. The minimum atomic E-state index is -0.505. The molecule has 7 heteroatoms. The Balaban J connectivity index is 3.90. The van der Waals surface area contributed by atoms with Crippen molar-refractivity contribution in [3.63, 3.8) is 0 Å². The van der Waals surface area contributed by atoms with Crippen LogP contribution in [0.25, 0.3) is 0 Å². The molecule has 0 aliphatic heterocycles. The van der Waals surface area contributed by atoms with Crippen LogP contribution in [0.2, 0.25) is 0 Å². The summed E-state index contributed by atoms with van der Waals surface area (Å²) in [5.74, 6) is -0.342. The average molecular weight is 246 g/mol. The summed E-state index contributed by atoms with van der Waals surface area (Å²) in [6.07, 6.45) is 0. The van der Waals surface area contributed by atoms with Crippen LogP contribution in [0.15, 0.2) is 0 Å². The normalized spacial score (nSPS) is 12.3. The zero-order valence-corrected chi connectivity index (χ0v) is 10.7. The summed E-state index contributed by atoms with van der Waals surface area (Å²) in [7, 11) is 3.25. The van der Waals surface area contributed by atoms with E-state index in [-0.39, 0.29) is 5.91 Å². The number of urea groups is 1. The number of amides is 3. The molecule has 1 unspecified atom stereocenters. The molecule has 3 amide bonds. The molecule has 0 fully saturated rings. The summed E-state index contributed by atoms with van der Waals surface area (Å²) in [4.78, 5) is 24.3. The number of hydrogen-bond donors (Lipinski definition) is 3. The second-order valence-electron chi connectivity index (χ2n) is 3.63. The van der Waals surface area contributed by atoms with Crippen molar-refractivity contribution in [2.75, 3.05) is 40.4 Å². The molecule has 0 aromatic heterocycles. The molecule has 0 saturated carbocycles. The van der Waals surface area contributed by atoms with Gasteiger partial charge < -0.3 is 15.8 Å².